The number of aromatic nitrogens is 2. The van der Waals surface area contributed by atoms with Gasteiger partial charge >= 0.3 is 0 Å². The number of rotatable bonds is 4. The maximum Gasteiger partial charge on any atom is 0.203 e. The minimum atomic E-state index is 0.235. The highest BCUT2D eigenvalue weighted by Crippen LogP contribution is 2.41. The molecule has 0 aliphatic heterocycles. The molecule has 0 aliphatic rings. The summed E-state index contributed by atoms with van der Waals surface area (Å²) < 4.78 is 15.8. The van der Waals surface area contributed by atoms with Crippen molar-refractivity contribution < 1.29 is 14.2 Å². The first-order chi connectivity index (χ1) is 9.60. The van der Waals surface area contributed by atoms with Crippen molar-refractivity contribution in [3.63, 3.8) is 0 Å². The van der Waals surface area contributed by atoms with E-state index in [0.29, 0.717) is 28.5 Å². The predicted molar refractivity (Wildman–Crippen MR) is 75.9 cm³/mol. The molecular formula is C13H16N4O3. The summed E-state index contributed by atoms with van der Waals surface area (Å²) in [5.41, 5.74) is 12.6. The Bertz CT molecular complexity index is 606. The van der Waals surface area contributed by atoms with Crippen LogP contribution < -0.4 is 25.7 Å². The van der Waals surface area contributed by atoms with Crippen LogP contribution in [0.3, 0.4) is 0 Å². The molecular weight excluding hydrogens is 260 g/mol. The van der Waals surface area contributed by atoms with Crippen molar-refractivity contribution >= 4 is 11.6 Å². The van der Waals surface area contributed by atoms with Crippen LogP contribution in [-0.4, -0.2) is 31.3 Å². The number of hydrogen-bond acceptors (Lipinski definition) is 7. The lowest BCUT2D eigenvalue weighted by atomic mass is 10.1. The molecule has 0 aliphatic carbocycles. The second-order valence-electron chi connectivity index (χ2n) is 3.94. The van der Waals surface area contributed by atoms with Gasteiger partial charge in [0.2, 0.25) is 5.75 Å². The standard InChI is InChI=1S/C13H16N4O3/c1-18-8-4-7(5-9(19-2)12(8)20-3)11-13(15)17-10(14)6-16-11/h4-6H,1-3H3,(H4,14,15,17). The zero-order chi connectivity index (χ0) is 14.7. The summed E-state index contributed by atoms with van der Waals surface area (Å²) in [4.78, 5) is 8.17. The second kappa shape index (κ2) is 5.52. The van der Waals surface area contributed by atoms with E-state index in [9.17, 15) is 0 Å². The second-order valence-corrected chi connectivity index (χ2v) is 3.94. The smallest absolute Gasteiger partial charge is 0.203 e. The average molecular weight is 276 g/mol. The first-order valence-corrected chi connectivity index (χ1v) is 5.79. The fourth-order valence-electron chi connectivity index (χ4n) is 1.86. The lowest BCUT2D eigenvalue weighted by Crippen LogP contribution is -2.02. The predicted octanol–water partition coefficient (Wildman–Crippen LogP) is 1.33. The quantitative estimate of drug-likeness (QED) is 0.867. The molecule has 0 bridgehead atoms. The Kier molecular flexibility index (Phi) is 3.79. The molecule has 0 fully saturated rings. The van der Waals surface area contributed by atoms with E-state index < -0.39 is 0 Å². The number of hydrogen-bond donors (Lipinski definition) is 2. The third-order valence-electron chi connectivity index (χ3n) is 2.76. The van der Waals surface area contributed by atoms with Gasteiger partial charge in [-0.25, -0.2) is 9.97 Å². The molecule has 20 heavy (non-hydrogen) atoms. The minimum Gasteiger partial charge on any atom is -0.493 e. The van der Waals surface area contributed by atoms with E-state index in [0.717, 1.165) is 0 Å². The molecule has 1 aromatic carbocycles. The number of nitrogen functional groups attached to an aromatic ring is 2. The Morgan fingerprint density at radius 3 is 2.00 bits per heavy atom. The highest BCUT2D eigenvalue weighted by Gasteiger charge is 2.16. The summed E-state index contributed by atoms with van der Waals surface area (Å²) in [6.45, 7) is 0. The van der Waals surface area contributed by atoms with Gasteiger partial charge < -0.3 is 25.7 Å². The van der Waals surface area contributed by atoms with Crippen LogP contribution in [0.25, 0.3) is 11.3 Å². The largest absolute Gasteiger partial charge is 0.493 e. The summed E-state index contributed by atoms with van der Waals surface area (Å²) in [6.07, 6.45) is 1.44. The van der Waals surface area contributed by atoms with Gasteiger partial charge in [0.05, 0.1) is 27.5 Å². The van der Waals surface area contributed by atoms with Gasteiger partial charge in [0.25, 0.3) is 0 Å². The third-order valence-corrected chi connectivity index (χ3v) is 2.76. The SMILES string of the molecule is COc1cc(-c2ncc(N)nc2N)cc(OC)c1OC. The summed E-state index contributed by atoms with van der Waals surface area (Å²) in [6, 6.07) is 3.50. The van der Waals surface area contributed by atoms with Crippen molar-refractivity contribution in [1.29, 1.82) is 0 Å². The van der Waals surface area contributed by atoms with E-state index in [4.69, 9.17) is 25.7 Å². The average Bonchev–Trinajstić information content (AvgIpc) is 2.45. The maximum atomic E-state index is 5.84. The molecule has 0 atom stereocenters. The first-order valence-electron chi connectivity index (χ1n) is 5.79. The van der Waals surface area contributed by atoms with Crippen LogP contribution in [-0.2, 0) is 0 Å². The summed E-state index contributed by atoms with van der Waals surface area (Å²) in [5.74, 6) is 2.03. The van der Waals surface area contributed by atoms with Crippen LogP contribution in [0.2, 0.25) is 0 Å². The van der Waals surface area contributed by atoms with Crippen LogP contribution in [0.1, 0.15) is 0 Å². The summed E-state index contributed by atoms with van der Waals surface area (Å²) in [5, 5.41) is 0. The first kappa shape index (κ1) is 13.7. The van der Waals surface area contributed by atoms with Crippen molar-refractivity contribution in [2.24, 2.45) is 0 Å². The van der Waals surface area contributed by atoms with Crippen molar-refractivity contribution in [1.82, 2.24) is 9.97 Å². The van der Waals surface area contributed by atoms with E-state index >= 15 is 0 Å². The van der Waals surface area contributed by atoms with Crippen LogP contribution in [0.4, 0.5) is 11.6 Å². The van der Waals surface area contributed by atoms with Gasteiger partial charge in [-0.05, 0) is 12.1 Å². The van der Waals surface area contributed by atoms with Crippen molar-refractivity contribution in [3.05, 3.63) is 18.3 Å². The van der Waals surface area contributed by atoms with Gasteiger partial charge in [0.1, 0.15) is 11.5 Å². The Balaban J connectivity index is 2.62. The Hall–Kier alpha value is -2.70. The number of ether oxygens (including phenoxy) is 3. The summed E-state index contributed by atoms with van der Waals surface area (Å²) >= 11 is 0. The Morgan fingerprint density at radius 2 is 1.55 bits per heavy atom. The molecule has 2 rings (SSSR count). The van der Waals surface area contributed by atoms with E-state index in [2.05, 4.69) is 9.97 Å². The molecule has 1 heterocycles. The monoisotopic (exact) mass is 276 g/mol. The molecule has 106 valence electrons. The van der Waals surface area contributed by atoms with Gasteiger partial charge in [-0.2, -0.15) is 0 Å². The molecule has 7 heteroatoms. The third kappa shape index (κ3) is 2.37. The number of benzene rings is 1. The van der Waals surface area contributed by atoms with Gasteiger partial charge in [-0.15, -0.1) is 0 Å². The van der Waals surface area contributed by atoms with Crippen molar-refractivity contribution in [2.45, 2.75) is 0 Å². The lowest BCUT2D eigenvalue weighted by Gasteiger charge is -2.14. The van der Waals surface area contributed by atoms with E-state index in [1.807, 2.05) is 0 Å². The molecule has 0 unspecified atom stereocenters. The Labute approximate surface area is 116 Å². The minimum absolute atomic E-state index is 0.235. The van der Waals surface area contributed by atoms with E-state index in [1.165, 1.54) is 13.3 Å². The zero-order valence-electron chi connectivity index (χ0n) is 11.5. The highest BCUT2D eigenvalue weighted by atomic mass is 16.5. The highest BCUT2D eigenvalue weighted by molar-refractivity contribution is 5.75. The Morgan fingerprint density at radius 1 is 0.950 bits per heavy atom. The summed E-state index contributed by atoms with van der Waals surface area (Å²) in [7, 11) is 4.62. The molecule has 4 N–H and O–H groups in total. The molecule has 7 nitrogen and oxygen atoms in total. The van der Waals surface area contributed by atoms with Crippen molar-refractivity contribution in [2.75, 3.05) is 32.8 Å². The van der Waals surface area contributed by atoms with Gasteiger partial charge in [-0.3, -0.25) is 0 Å². The van der Waals surface area contributed by atoms with Crippen LogP contribution >= 0.6 is 0 Å². The number of methoxy groups -OCH3 is 3. The molecule has 0 radical (unpaired) electrons. The number of anilines is 2. The fourth-order valence-corrected chi connectivity index (χ4v) is 1.86. The van der Waals surface area contributed by atoms with Gasteiger partial charge in [0, 0.05) is 5.56 Å². The zero-order valence-corrected chi connectivity index (χ0v) is 11.5. The number of nitrogens with zero attached hydrogens (tertiary/aromatic N) is 2. The molecule has 0 saturated carbocycles. The molecule has 0 amide bonds. The van der Waals surface area contributed by atoms with Crippen molar-refractivity contribution in [3.8, 4) is 28.5 Å². The van der Waals surface area contributed by atoms with Crippen LogP contribution in [0.15, 0.2) is 18.3 Å². The molecule has 0 spiro atoms. The van der Waals surface area contributed by atoms with E-state index in [1.54, 1.807) is 26.4 Å². The van der Waals surface area contributed by atoms with E-state index in [-0.39, 0.29) is 11.6 Å². The normalized spacial score (nSPS) is 10.2. The fraction of sp³-hybridized carbons (Fsp3) is 0.231. The molecule has 1 aromatic heterocycles. The number of nitrogens with two attached hydrogens (primary N) is 2. The lowest BCUT2D eigenvalue weighted by molar-refractivity contribution is 0.324. The van der Waals surface area contributed by atoms with Crippen LogP contribution in [0, 0.1) is 0 Å². The van der Waals surface area contributed by atoms with Gasteiger partial charge in [0.15, 0.2) is 17.3 Å². The topological polar surface area (TPSA) is 106 Å². The van der Waals surface area contributed by atoms with Crippen LogP contribution in [0.5, 0.6) is 17.2 Å². The maximum absolute atomic E-state index is 5.84. The molecule has 0 saturated heterocycles. The molecule has 2 aromatic rings. The van der Waals surface area contributed by atoms with Gasteiger partial charge in [-0.1, -0.05) is 0 Å².